The number of carbonyl (C=O) groups excluding carboxylic acids is 1. The van der Waals surface area contributed by atoms with Gasteiger partial charge in [-0.15, -0.1) is 0 Å². The van der Waals surface area contributed by atoms with Crippen LogP contribution >= 0.6 is 0 Å². The Labute approximate surface area is 200 Å². The highest BCUT2D eigenvalue weighted by molar-refractivity contribution is 6.00. The standard InChI is InChI=1S/C28H33N3O3/c1-19-8-6-7-15-30(19)16-17-34-23-13-14-24-20(2)26(21-11-12-21)31(28(33)25(24)18-23)29-27(32)22-9-4-3-5-10-22/h3-5,9-10,13-14,18-19,21H,6-8,11-12,15-17H2,1-2H3,(H,29,32)/t19-/m0/s1. The van der Waals surface area contributed by atoms with Crippen LogP contribution in [0.15, 0.2) is 53.3 Å². The summed E-state index contributed by atoms with van der Waals surface area (Å²) in [6.45, 7) is 6.92. The second-order valence-electron chi connectivity index (χ2n) is 9.67. The molecule has 1 saturated carbocycles. The van der Waals surface area contributed by atoms with Crippen LogP contribution in [-0.2, 0) is 0 Å². The van der Waals surface area contributed by atoms with Crippen molar-refractivity contribution >= 4 is 16.7 Å². The van der Waals surface area contributed by atoms with Crippen LogP contribution < -0.4 is 15.7 Å². The molecule has 1 aliphatic carbocycles. The lowest BCUT2D eigenvalue weighted by molar-refractivity contribution is 0.101. The Morgan fingerprint density at radius 3 is 2.59 bits per heavy atom. The van der Waals surface area contributed by atoms with Gasteiger partial charge in [0.2, 0.25) is 0 Å². The van der Waals surface area contributed by atoms with Crippen LogP contribution in [0.25, 0.3) is 10.8 Å². The number of nitrogens with zero attached hydrogens (tertiary/aromatic N) is 2. The Morgan fingerprint density at radius 2 is 1.85 bits per heavy atom. The molecule has 2 fully saturated rings. The van der Waals surface area contributed by atoms with Crippen LogP contribution in [0.3, 0.4) is 0 Å². The molecule has 1 saturated heterocycles. The number of piperidine rings is 1. The number of nitrogens with one attached hydrogen (secondary N) is 1. The molecule has 0 spiro atoms. The zero-order valence-corrected chi connectivity index (χ0v) is 20.0. The van der Waals surface area contributed by atoms with Crippen molar-refractivity contribution in [3.8, 4) is 5.75 Å². The fourth-order valence-electron chi connectivity index (χ4n) is 5.14. The third-order valence-corrected chi connectivity index (χ3v) is 7.25. The number of aromatic nitrogens is 1. The van der Waals surface area contributed by atoms with Crippen molar-refractivity contribution in [1.82, 2.24) is 9.58 Å². The number of amides is 1. The summed E-state index contributed by atoms with van der Waals surface area (Å²) >= 11 is 0. The second kappa shape index (κ2) is 9.63. The molecule has 0 bridgehead atoms. The van der Waals surface area contributed by atoms with Gasteiger partial charge in [0.05, 0.1) is 11.1 Å². The van der Waals surface area contributed by atoms with Crippen LogP contribution in [0.2, 0.25) is 0 Å². The second-order valence-corrected chi connectivity index (χ2v) is 9.67. The Bertz CT molecular complexity index is 1250. The summed E-state index contributed by atoms with van der Waals surface area (Å²) in [6, 6.07) is 15.4. The van der Waals surface area contributed by atoms with E-state index in [1.165, 1.54) is 23.9 Å². The zero-order chi connectivity index (χ0) is 23.7. The number of fused-ring (bicyclic) bond motifs is 1. The average Bonchev–Trinajstić information content (AvgIpc) is 3.69. The van der Waals surface area contributed by atoms with Crippen molar-refractivity contribution in [2.24, 2.45) is 0 Å². The van der Waals surface area contributed by atoms with Crippen molar-refractivity contribution in [2.75, 3.05) is 25.1 Å². The first-order valence-corrected chi connectivity index (χ1v) is 12.5. The monoisotopic (exact) mass is 459 g/mol. The molecule has 0 unspecified atom stereocenters. The lowest BCUT2D eigenvalue weighted by Crippen LogP contribution is -2.39. The van der Waals surface area contributed by atoms with Gasteiger partial charge in [0.1, 0.15) is 12.4 Å². The topological polar surface area (TPSA) is 63.6 Å². The van der Waals surface area contributed by atoms with E-state index >= 15 is 0 Å². The summed E-state index contributed by atoms with van der Waals surface area (Å²) in [6.07, 6.45) is 5.86. The molecule has 1 amide bonds. The summed E-state index contributed by atoms with van der Waals surface area (Å²) in [5, 5.41) is 1.49. The predicted octanol–water partition coefficient (Wildman–Crippen LogP) is 4.82. The largest absolute Gasteiger partial charge is 0.492 e. The van der Waals surface area contributed by atoms with Gasteiger partial charge in [-0.3, -0.25) is 19.9 Å². The molecule has 2 aliphatic rings. The SMILES string of the molecule is Cc1c(C2CC2)n(NC(=O)c2ccccc2)c(=O)c2cc(OCCN3CCCC[C@@H]3C)ccc12. The van der Waals surface area contributed by atoms with E-state index in [1.807, 2.05) is 43.3 Å². The first-order chi connectivity index (χ1) is 16.5. The fraction of sp³-hybridized carbons (Fsp3) is 0.429. The average molecular weight is 460 g/mol. The Kier molecular flexibility index (Phi) is 6.42. The molecular weight excluding hydrogens is 426 g/mol. The summed E-state index contributed by atoms with van der Waals surface area (Å²) in [5.74, 6) is 0.704. The molecular formula is C28H33N3O3. The Hall–Kier alpha value is -3.12. The van der Waals surface area contributed by atoms with Crippen molar-refractivity contribution in [3.05, 3.63) is 75.7 Å². The first-order valence-electron chi connectivity index (χ1n) is 12.5. The molecule has 34 heavy (non-hydrogen) atoms. The van der Waals surface area contributed by atoms with Crippen molar-refractivity contribution in [3.63, 3.8) is 0 Å². The van der Waals surface area contributed by atoms with Crippen molar-refractivity contribution < 1.29 is 9.53 Å². The summed E-state index contributed by atoms with van der Waals surface area (Å²) in [4.78, 5) is 29.0. The molecule has 5 rings (SSSR count). The maximum atomic E-state index is 13.6. The number of pyridine rings is 1. The number of rotatable bonds is 7. The fourth-order valence-corrected chi connectivity index (χ4v) is 5.14. The number of benzene rings is 2. The normalized spacial score (nSPS) is 18.7. The van der Waals surface area contributed by atoms with E-state index in [0.29, 0.717) is 35.3 Å². The van der Waals surface area contributed by atoms with Crippen LogP contribution in [-0.4, -0.2) is 41.2 Å². The highest BCUT2D eigenvalue weighted by Crippen LogP contribution is 2.42. The number of hydrogen-bond acceptors (Lipinski definition) is 4. The van der Waals surface area contributed by atoms with Crippen molar-refractivity contribution in [2.45, 2.75) is 57.9 Å². The molecule has 1 aliphatic heterocycles. The molecule has 2 aromatic carbocycles. The lowest BCUT2D eigenvalue weighted by atomic mass is 10.0. The summed E-state index contributed by atoms with van der Waals surface area (Å²) < 4.78 is 7.54. The molecule has 6 heteroatoms. The van der Waals surface area contributed by atoms with E-state index in [0.717, 1.165) is 42.6 Å². The van der Waals surface area contributed by atoms with Gasteiger partial charge in [-0.2, -0.15) is 0 Å². The van der Waals surface area contributed by atoms with Crippen molar-refractivity contribution in [1.29, 1.82) is 0 Å². The summed E-state index contributed by atoms with van der Waals surface area (Å²) in [7, 11) is 0. The third kappa shape index (κ3) is 4.60. The van der Waals surface area contributed by atoms with E-state index in [2.05, 4.69) is 17.2 Å². The molecule has 1 atom stereocenters. The van der Waals surface area contributed by atoms with E-state index in [4.69, 9.17) is 4.74 Å². The molecule has 2 heterocycles. The van der Waals surface area contributed by atoms with Gasteiger partial charge in [-0.05, 0) is 81.3 Å². The molecule has 6 nitrogen and oxygen atoms in total. The minimum Gasteiger partial charge on any atom is -0.492 e. The van der Waals surface area contributed by atoms with Gasteiger partial charge in [-0.25, -0.2) is 4.68 Å². The van der Waals surface area contributed by atoms with Gasteiger partial charge in [0.15, 0.2) is 0 Å². The molecule has 0 radical (unpaired) electrons. The van der Waals surface area contributed by atoms with Crippen LogP contribution in [0.5, 0.6) is 5.75 Å². The maximum Gasteiger partial charge on any atom is 0.277 e. The lowest BCUT2D eigenvalue weighted by Gasteiger charge is -2.33. The molecule has 3 aromatic rings. The molecule has 1 aromatic heterocycles. The van der Waals surface area contributed by atoms with Gasteiger partial charge < -0.3 is 4.74 Å². The Balaban J connectivity index is 1.43. The highest BCUT2D eigenvalue weighted by Gasteiger charge is 2.31. The van der Waals surface area contributed by atoms with Crippen LogP contribution in [0, 0.1) is 6.92 Å². The quantitative estimate of drug-likeness (QED) is 0.550. The van der Waals surface area contributed by atoms with Gasteiger partial charge in [0.25, 0.3) is 11.5 Å². The van der Waals surface area contributed by atoms with Gasteiger partial charge in [-0.1, -0.05) is 30.7 Å². The van der Waals surface area contributed by atoms with E-state index in [1.54, 1.807) is 12.1 Å². The molecule has 178 valence electrons. The molecule has 1 N–H and O–H groups in total. The maximum absolute atomic E-state index is 13.6. The zero-order valence-electron chi connectivity index (χ0n) is 20.0. The smallest absolute Gasteiger partial charge is 0.277 e. The van der Waals surface area contributed by atoms with E-state index < -0.39 is 0 Å². The first kappa shape index (κ1) is 22.7. The minimum absolute atomic E-state index is 0.207. The minimum atomic E-state index is -0.286. The number of aryl methyl sites for hydroxylation is 1. The van der Waals surface area contributed by atoms with E-state index in [-0.39, 0.29) is 11.5 Å². The third-order valence-electron chi connectivity index (χ3n) is 7.25. The predicted molar refractivity (Wildman–Crippen MR) is 135 cm³/mol. The van der Waals surface area contributed by atoms with Gasteiger partial charge >= 0.3 is 0 Å². The Morgan fingerprint density at radius 1 is 1.06 bits per heavy atom. The number of ether oxygens (including phenoxy) is 1. The number of likely N-dealkylation sites (tertiary alicyclic amines) is 1. The van der Waals surface area contributed by atoms with Gasteiger partial charge in [0, 0.05) is 24.1 Å². The number of carbonyl (C=O) groups is 1. The van der Waals surface area contributed by atoms with Crippen LogP contribution in [0.4, 0.5) is 0 Å². The van der Waals surface area contributed by atoms with E-state index in [9.17, 15) is 9.59 Å². The highest BCUT2D eigenvalue weighted by atomic mass is 16.5. The summed E-state index contributed by atoms with van der Waals surface area (Å²) in [5.41, 5.74) is 5.15. The van der Waals surface area contributed by atoms with Crippen LogP contribution in [0.1, 0.15) is 66.6 Å². The number of hydrogen-bond donors (Lipinski definition) is 1.